The molecule has 2 aromatic rings. The normalized spacial score (nSPS) is 15.4. The summed E-state index contributed by atoms with van der Waals surface area (Å²) in [5.41, 5.74) is 2.09. The Morgan fingerprint density at radius 1 is 1.21 bits per heavy atom. The van der Waals surface area contributed by atoms with E-state index in [0.717, 1.165) is 15.7 Å². The summed E-state index contributed by atoms with van der Waals surface area (Å²) in [7, 11) is 0. The number of fused-ring (bicyclic) bond motifs is 1. The fraction of sp³-hybridized carbons (Fsp3) is 0.263. The predicted molar refractivity (Wildman–Crippen MR) is 96.9 cm³/mol. The summed E-state index contributed by atoms with van der Waals surface area (Å²) >= 11 is 3.40. The van der Waals surface area contributed by atoms with Gasteiger partial charge in [0.25, 0.3) is 5.91 Å². The minimum atomic E-state index is -0.512. The van der Waals surface area contributed by atoms with Crippen molar-refractivity contribution < 1.29 is 14.3 Å². The summed E-state index contributed by atoms with van der Waals surface area (Å²) in [6, 6.07) is 10.6. The molecule has 0 saturated carbocycles. The summed E-state index contributed by atoms with van der Waals surface area (Å²) < 4.78 is 6.77. The Labute approximate surface area is 149 Å². The number of aryl methyl sites for hydroxylation is 1. The number of ether oxygens (including phenoxy) is 1. The zero-order valence-electron chi connectivity index (χ0n) is 13.8. The second kappa shape index (κ2) is 6.06. The van der Waals surface area contributed by atoms with Crippen LogP contribution < -0.4 is 10.1 Å². The minimum Gasteiger partial charge on any atom is -0.487 e. The van der Waals surface area contributed by atoms with E-state index in [9.17, 15) is 9.59 Å². The van der Waals surface area contributed by atoms with E-state index in [4.69, 9.17) is 4.74 Å². The second-order valence-electron chi connectivity index (χ2n) is 6.59. The molecule has 1 aliphatic heterocycles. The van der Waals surface area contributed by atoms with Crippen molar-refractivity contribution >= 4 is 33.3 Å². The van der Waals surface area contributed by atoms with Gasteiger partial charge in [-0.05, 0) is 62.7 Å². The van der Waals surface area contributed by atoms with Crippen molar-refractivity contribution in [1.29, 1.82) is 0 Å². The molecule has 0 bridgehead atoms. The van der Waals surface area contributed by atoms with Crippen LogP contribution in [0.2, 0.25) is 0 Å². The number of carbonyl (C=O) groups excluding carboxylic acids is 2. The van der Waals surface area contributed by atoms with Crippen LogP contribution in [0.25, 0.3) is 0 Å². The quantitative estimate of drug-likeness (QED) is 0.808. The molecule has 1 aliphatic rings. The molecule has 1 amide bonds. The van der Waals surface area contributed by atoms with Crippen LogP contribution in [0.3, 0.4) is 0 Å². The van der Waals surface area contributed by atoms with Crippen molar-refractivity contribution in [2.24, 2.45) is 0 Å². The number of rotatable bonds is 2. The molecule has 1 N–H and O–H groups in total. The highest BCUT2D eigenvalue weighted by atomic mass is 79.9. The summed E-state index contributed by atoms with van der Waals surface area (Å²) in [5.74, 6) is 0.282. The predicted octanol–water partition coefficient (Wildman–Crippen LogP) is 4.75. The maximum atomic E-state index is 12.5. The van der Waals surface area contributed by atoms with Crippen molar-refractivity contribution in [2.45, 2.75) is 32.8 Å². The summed E-state index contributed by atoms with van der Waals surface area (Å²) in [4.78, 5) is 24.8. The van der Waals surface area contributed by atoms with Crippen LogP contribution in [0.15, 0.2) is 40.9 Å². The third kappa shape index (κ3) is 3.36. The molecular formula is C19H18BrNO3. The molecule has 0 unspecified atom stereocenters. The first-order valence-electron chi connectivity index (χ1n) is 7.69. The SMILES string of the molecule is Cc1cc(Br)ccc1NC(=O)c1ccc2c(c1)C(=O)CC(C)(C)O2. The molecule has 0 atom stereocenters. The van der Waals surface area contributed by atoms with Gasteiger partial charge in [-0.3, -0.25) is 9.59 Å². The molecule has 4 nitrogen and oxygen atoms in total. The van der Waals surface area contributed by atoms with Gasteiger partial charge in [0.05, 0.1) is 12.0 Å². The van der Waals surface area contributed by atoms with E-state index in [2.05, 4.69) is 21.2 Å². The van der Waals surface area contributed by atoms with Gasteiger partial charge in [0.2, 0.25) is 0 Å². The Bertz CT molecular complexity index is 843. The molecule has 2 aromatic carbocycles. The standard InChI is InChI=1S/C19H18BrNO3/c1-11-8-13(20)5-6-15(11)21-18(23)12-4-7-17-14(9-12)16(22)10-19(2,3)24-17/h4-9H,10H2,1-3H3,(H,21,23). The number of ketones is 1. The van der Waals surface area contributed by atoms with Gasteiger partial charge in [0.1, 0.15) is 11.4 Å². The first-order valence-corrected chi connectivity index (χ1v) is 8.48. The molecule has 0 fully saturated rings. The molecule has 0 radical (unpaired) electrons. The maximum Gasteiger partial charge on any atom is 0.255 e. The highest BCUT2D eigenvalue weighted by Crippen LogP contribution is 2.33. The van der Waals surface area contributed by atoms with E-state index in [0.29, 0.717) is 23.3 Å². The number of carbonyl (C=O) groups is 2. The topological polar surface area (TPSA) is 55.4 Å². The molecule has 124 valence electrons. The van der Waals surface area contributed by atoms with E-state index in [1.54, 1.807) is 18.2 Å². The molecule has 0 aromatic heterocycles. The molecule has 0 saturated heterocycles. The second-order valence-corrected chi connectivity index (χ2v) is 7.50. The number of halogens is 1. The van der Waals surface area contributed by atoms with Crippen molar-refractivity contribution in [3.63, 3.8) is 0 Å². The molecule has 0 spiro atoms. The van der Waals surface area contributed by atoms with Crippen LogP contribution in [0.5, 0.6) is 5.75 Å². The molecule has 5 heteroatoms. The fourth-order valence-corrected chi connectivity index (χ4v) is 3.23. The van der Waals surface area contributed by atoms with E-state index >= 15 is 0 Å². The van der Waals surface area contributed by atoms with Crippen LogP contribution in [0.1, 0.15) is 46.5 Å². The monoisotopic (exact) mass is 387 g/mol. The molecular weight excluding hydrogens is 370 g/mol. The van der Waals surface area contributed by atoms with E-state index in [1.807, 2.05) is 39.0 Å². The molecule has 3 rings (SSSR count). The lowest BCUT2D eigenvalue weighted by Gasteiger charge is -2.31. The van der Waals surface area contributed by atoms with E-state index in [1.165, 1.54) is 0 Å². The highest BCUT2D eigenvalue weighted by Gasteiger charge is 2.32. The van der Waals surface area contributed by atoms with Crippen molar-refractivity contribution in [3.8, 4) is 5.75 Å². The first-order chi connectivity index (χ1) is 11.2. The van der Waals surface area contributed by atoms with Gasteiger partial charge >= 0.3 is 0 Å². The molecule has 24 heavy (non-hydrogen) atoms. The summed E-state index contributed by atoms with van der Waals surface area (Å²) in [6.07, 6.45) is 0.302. The number of nitrogens with one attached hydrogen (secondary N) is 1. The van der Waals surface area contributed by atoms with Gasteiger partial charge in [0.15, 0.2) is 5.78 Å². The number of hydrogen-bond donors (Lipinski definition) is 1. The maximum absolute atomic E-state index is 12.5. The average Bonchev–Trinajstić information content (AvgIpc) is 2.48. The van der Waals surface area contributed by atoms with Crippen LogP contribution in [-0.4, -0.2) is 17.3 Å². The van der Waals surface area contributed by atoms with Gasteiger partial charge in [-0.25, -0.2) is 0 Å². The van der Waals surface area contributed by atoms with Gasteiger partial charge in [-0.2, -0.15) is 0 Å². The summed E-state index contributed by atoms with van der Waals surface area (Å²) in [6.45, 7) is 5.68. The van der Waals surface area contributed by atoms with Crippen LogP contribution in [-0.2, 0) is 0 Å². The largest absolute Gasteiger partial charge is 0.487 e. The lowest BCUT2D eigenvalue weighted by molar-refractivity contribution is 0.0620. The van der Waals surface area contributed by atoms with Crippen LogP contribution >= 0.6 is 15.9 Å². The zero-order chi connectivity index (χ0) is 17.5. The van der Waals surface area contributed by atoms with E-state index in [-0.39, 0.29) is 11.7 Å². The van der Waals surface area contributed by atoms with Gasteiger partial charge in [0, 0.05) is 15.7 Å². The third-order valence-electron chi connectivity index (χ3n) is 3.95. The smallest absolute Gasteiger partial charge is 0.255 e. The summed E-state index contributed by atoms with van der Waals surface area (Å²) in [5, 5.41) is 2.88. The first kappa shape index (κ1) is 16.7. The highest BCUT2D eigenvalue weighted by molar-refractivity contribution is 9.10. The van der Waals surface area contributed by atoms with Crippen molar-refractivity contribution in [3.05, 3.63) is 57.6 Å². The number of amides is 1. The zero-order valence-corrected chi connectivity index (χ0v) is 15.4. The third-order valence-corrected chi connectivity index (χ3v) is 4.44. The lowest BCUT2D eigenvalue weighted by atomic mass is 9.92. The van der Waals surface area contributed by atoms with Crippen molar-refractivity contribution in [1.82, 2.24) is 0 Å². The van der Waals surface area contributed by atoms with Crippen LogP contribution in [0.4, 0.5) is 5.69 Å². The van der Waals surface area contributed by atoms with E-state index < -0.39 is 5.60 Å². The lowest BCUT2D eigenvalue weighted by Crippen LogP contribution is -2.36. The van der Waals surface area contributed by atoms with Gasteiger partial charge in [-0.15, -0.1) is 0 Å². The van der Waals surface area contributed by atoms with Crippen LogP contribution in [0, 0.1) is 6.92 Å². The molecule has 0 aliphatic carbocycles. The number of benzene rings is 2. The Kier molecular flexibility index (Phi) is 4.22. The van der Waals surface area contributed by atoms with Gasteiger partial charge in [-0.1, -0.05) is 15.9 Å². The Hall–Kier alpha value is -2.14. The van der Waals surface area contributed by atoms with Gasteiger partial charge < -0.3 is 10.1 Å². The molecule has 1 heterocycles. The fourth-order valence-electron chi connectivity index (χ4n) is 2.76. The average molecular weight is 388 g/mol. The minimum absolute atomic E-state index is 0.00396. The van der Waals surface area contributed by atoms with Crippen molar-refractivity contribution in [2.75, 3.05) is 5.32 Å². The number of anilines is 1. The Morgan fingerprint density at radius 3 is 2.67 bits per heavy atom. The Morgan fingerprint density at radius 2 is 1.96 bits per heavy atom. The number of Topliss-reactive ketones (excluding diaryl/α,β-unsaturated/α-hetero) is 1. The Balaban J connectivity index is 1.87. The number of hydrogen-bond acceptors (Lipinski definition) is 3.